The molecule has 1 saturated heterocycles. The van der Waals surface area contributed by atoms with Crippen LogP contribution in [0.3, 0.4) is 0 Å². The van der Waals surface area contributed by atoms with E-state index in [1.54, 1.807) is 13.0 Å². The fourth-order valence-corrected chi connectivity index (χ4v) is 3.59. The van der Waals surface area contributed by atoms with Gasteiger partial charge in [-0.1, -0.05) is 43.3 Å². The Bertz CT molecular complexity index is 784. The number of amides is 1. The van der Waals surface area contributed by atoms with Gasteiger partial charge in [0.25, 0.3) is 0 Å². The second-order valence-electron chi connectivity index (χ2n) is 7.11. The first-order valence-corrected chi connectivity index (χ1v) is 9.24. The number of nitrogens with two attached hydrogens (primary N) is 1. The number of piperidine rings is 1. The molecule has 0 aliphatic carbocycles. The van der Waals surface area contributed by atoms with Crippen molar-refractivity contribution in [1.29, 1.82) is 0 Å². The monoisotopic (exact) mass is 373 g/mol. The molecule has 0 radical (unpaired) electrons. The van der Waals surface area contributed by atoms with Crippen LogP contribution >= 0.6 is 0 Å². The van der Waals surface area contributed by atoms with E-state index in [0.717, 1.165) is 24.6 Å². The molecule has 4 atom stereocenters. The predicted octanol–water partition coefficient (Wildman–Crippen LogP) is 2.86. The zero-order valence-electron chi connectivity index (χ0n) is 15.3. The minimum absolute atomic E-state index is 0.0783. The molecule has 4 nitrogen and oxygen atoms in total. The van der Waals surface area contributed by atoms with Crippen molar-refractivity contribution in [2.24, 2.45) is 11.7 Å². The Balaban J connectivity index is 1.71. The van der Waals surface area contributed by atoms with Crippen LogP contribution in [0.5, 0.6) is 0 Å². The molecule has 0 spiro atoms. The Morgan fingerprint density at radius 1 is 1.19 bits per heavy atom. The average Bonchev–Trinajstić information content (AvgIpc) is 2.70. The molecule has 2 aromatic carbocycles. The largest absolute Gasteiger partial charge is 0.351 e. The fraction of sp³-hybridized carbons (Fsp3) is 0.381. The third-order valence-corrected chi connectivity index (χ3v) is 5.32. The van der Waals surface area contributed by atoms with Crippen molar-refractivity contribution >= 4 is 5.91 Å². The summed E-state index contributed by atoms with van der Waals surface area (Å²) in [5.41, 5.74) is 7.86. The Kier molecular flexibility index (Phi) is 6.19. The van der Waals surface area contributed by atoms with Gasteiger partial charge in [-0.25, -0.2) is 8.78 Å². The third-order valence-electron chi connectivity index (χ3n) is 5.32. The minimum atomic E-state index is -0.865. The maximum atomic E-state index is 13.7. The second kappa shape index (κ2) is 8.59. The topological polar surface area (TPSA) is 67.2 Å². The molecule has 3 rings (SSSR count). The summed E-state index contributed by atoms with van der Waals surface area (Å²) in [5, 5.41) is 6.31. The van der Waals surface area contributed by atoms with Crippen LogP contribution in [0.1, 0.15) is 36.4 Å². The maximum Gasteiger partial charge on any atom is 0.225 e. The standard InChI is InChI=1S/C21H25F2N3O/c1-13(20(24)14-5-3-2-4-6-14)21(27)26-19-12-25-10-9-16(19)15-7-8-17(22)18(23)11-15/h2-8,11,13,16,19-20,25H,9-10,12,24H2,1H3,(H,26,27). The normalized spacial score (nSPS) is 22.1. The quantitative estimate of drug-likeness (QED) is 0.755. The highest BCUT2D eigenvalue weighted by atomic mass is 19.2. The number of rotatable bonds is 5. The first-order chi connectivity index (χ1) is 13.0. The molecule has 1 fully saturated rings. The summed E-state index contributed by atoms with van der Waals surface area (Å²) < 4.78 is 26.9. The van der Waals surface area contributed by atoms with E-state index in [1.807, 2.05) is 30.3 Å². The van der Waals surface area contributed by atoms with Gasteiger partial charge in [0.15, 0.2) is 11.6 Å². The summed E-state index contributed by atoms with van der Waals surface area (Å²) in [6.45, 7) is 3.13. The van der Waals surface area contributed by atoms with Crippen LogP contribution in [-0.4, -0.2) is 25.0 Å². The molecule has 1 aliphatic heterocycles. The molecule has 0 bridgehead atoms. The van der Waals surface area contributed by atoms with Crippen molar-refractivity contribution < 1.29 is 13.6 Å². The van der Waals surface area contributed by atoms with E-state index < -0.39 is 23.6 Å². The van der Waals surface area contributed by atoms with Crippen molar-refractivity contribution in [1.82, 2.24) is 10.6 Å². The number of benzene rings is 2. The number of carbonyl (C=O) groups is 1. The fourth-order valence-electron chi connectivity index (χ4n) is 3.59. The van der Waals surface area contributed by atoms with E-state index in [-0.39, 0.29) is 17.9 Å². The number of nitrogens with one attached hydrogen (secondary N) is 2. The lowest BCUT2D eigenvalue weighted by atomic mass is 9.85. The van der Waals surface area contributed by atoms with E-state index in [0.29, 0.717) is 12.1 Å². The van der Waals surface area contributed by atoms with Crippen LogP contribution in [0.4, 0.5) is 8.78 Å². The van der Waals surface area contributed by atoms with Crippen molar-refractivity contribution in [3.8, 4) is 0 Å². The Morgan fingerprint density at radius 3 is 2.63 bits per heavy atom. The summed E-state index contributed by atoms with van der Waals surface area (Å²) in [5.74, 6) is -2.37. The zero-order chi connectivity index (χ0) is 19.4. The lowest BCUT2D eigenvalue weighted by Gasteiger charge is -2.34. The summed E-state index contributed by atoms with van der Waals surface area (Å²) in [7, 11) is 0. The smallest absolute Gasteiger partial charge is 0.225 e. The lowest BCUT2D eigenvalue weighted by Crippen LogP contribution is -2.52. The Labute approximate surface area is 158 Å². The molecule has 6 heteroatoms. The number of hydrogen-bond donors (Lipinski definition) is 3. The Hall–Kier alpha value is -2.31. The predicted molar refractivity (Wildman–Crippen MR) is 101 cm³/mol. The van der Waals surface area contributed by atoms with E-state index in [2.05, 4.69) is 10.6 Å². The van der Waals surface area contributed by atoms with Gasteiger partial charge in [0.05, 0.1) is 5.92 Å². The summed E-state index contributed by atoms with van der Waals surface area (Å²) >= 11 is 0. The van der Waals surface area contributed by atoms with E-state index in [4.69, 9.17) is 5.73 Å². The first kappa shape index (κ1) is 19.5. The SMILES string of the molecule is CC(C(=O)NC1CNCCC1c1ccc(F)c(F)c1)C(N)c1ccccc1. The van der Waals surface area contributed by atoms with E-state index in [1.165, 1.54) is 6.07 Å². The van der Waals surface area contributed by atoms with Crippen molar-refractivity contribution in [2.75, 3.05) is 13.1 Å². The number of hydrogen-bond acceptors (Lipinski definition) is 3. The molecule has 4 unspecified atom stereocenters. The molecule has 0 saturated carbocycles. The summed E-state index contributed by atoms with van der Waals surface area (Å²) in [6.07, 6.45) is 0.731. The van der Waals surface area contributed by atoms with Crippen LogP contribution < -0.4 is 16.4 Å². The van der Waals surface area contributed by atoms with Crippen LogP contribution in [0.2, 0.25) is 0 Å². The van der Waals surface area contributed by atoms with Crippen molar-refractivity contribution in [3.05, 3.63) is 71.3 Å². The third kappa shape index (κ3) is 4.51. The average molecular weight is 373 g/mol. The second-order valence-corrected chi connectivity index (χ2v) is 7.11. The lowest BCUT2D eigenvalue weighted by molar-refractivity contribution is -0.126. The molecular formula is C21H25F2N3O. The summed E-state index contributed by atoms with van der Waals surface area (Å²) in [6, 6.07) is 12.8. The molecule has 1 heterocycles. The minimum Gasteiger partial charge on any atom is -0.351 e. The van der Waals surface area contributed by atoms with Crippen LogP contribution in [0.25, 0.3) is 0 Å². The molecular weight excluding hydrogens is 348 g/mol. The molecule has 0 aromatic heterocycles. The van der Waals surface area contributed by atoms with E-state index in [9.17, 15) is 13.6 Å². The molecule has 144 valence electrons. The maximum absolute atomic E-state index is 13.7. The molecule has 2 aromatic rings. The van der Waals surface area contributed by atoms with Gasteiger partial charge in [-0.3, -0.25) is 4.79 Å². The van der Waals surface area contributed by atoms with Crippen LogP contribution in [0.15, 0.2) is 48.5 Å². The van der Waals surface area contributed by atoms with Crippen molar-refractivity contribution in [3.63, 3.8) is 0 Å². The van der Waals surface area contributed by atoms with Gasteiger partial charge in [0, 0.05) is 24.5 Å². The number of halogens is 2. The highest BCUT2D eigenvalue weighted by Crippen LogP contribution is 2.28. The Morgan fingerprint density at radius 2 is 1.93 bits per heavy atom. The van der Waals surface area contributed by atoms with Crippen molar-refractivity contribution in [2.45, 2.75) is 31.3 Å². The number of carbonyl (C=O) groups excluding carboxylic acids is 1. The summed E-state index contributed by atoms with van der Waals surface area (Å²) in [4.78, 5) is 12.8. The first-order valence-electron chi connectivity index (χ1n) is 9.24. The zero-order valence-corrected chi connectivity index (χ0v) is 15.3. The van der Waals surface area contributed by atoms with E-state index >= 15 is 0 Å². The molecule has 4 N–H and O–H groups in total. The van der Waals surface area contributed by atoms with Gasteiger partial charge >= 0.3 is 0 Å². The van der Waals surface area contributed by atoms with Crippen LogP contribution in [0, 0.1) is 17.6 Å². The van der Waals surface area contributed by atoms with Gasteiger partial charge in [-0.2, -0.15) is 0 Å². The van der Waals surface area contributed by atoms with Gasteiger partial charge in [-0.15, -0.1) is 0 Å². The van der Waals surface area contributed by atoms with Gasteiger partial charge < -0.3 is 16.4 Å². The molecule has 1 amide bonds. The van der Waals surface area contributed by atoms with Gasteiger partial charge in [0.2, 0.25) is 5.91 Å². The molecule has 1 aliphatic rings. The highest BCUT2D eigenvalue weighted by Gasteiger charge is 2.31. The van der Waals surface area contributed by atoms with Crippen LogP contribution in [-0.2, 0) is 4.79 Å². The van der Waals surface area contributed by atoms with Gasteiger partial charge in [0.1, 0.15) is 0 Å². The molecule has 27 heavy (non-hydrogen) atoms. The van der Waals surface area contributed by atoms with Gasteiger partial charge in [-0.05, 0) is 36.2 Å². The highest BCUT2D eigenvalue weighted by molar-refractivity contribution is 5.79.